The third kappa shape index (κ3) is 3.16. The molecule has 1 saturated heterocycles. The van der Waals surface area contributed by atoms with Crippen molar-refractivity contribution in [3.8, 4) is 11.7 Å². The number of furan rings is 1. The molecular weight excluding hydrogens is 405 g/mol. The molecule has 3 aromatic rings. The van der Waals surface area contributed by atoms with Crippen LogP contribution in [0.2, 0.25) is 0 Å². The van der Waals surface area contributed by atoms with Crippen LogP contribution in [0.1, 0.15) is 36.7 Å². The lowest BCUT2D eigenvalue weighted by atomic mass is 10.1. The zero-order chi connectivity index (χ0) is 18.3. The molecule has 1 amide bonds. The minimum Gasteiger partial charge on any atom is -0.444 e. The van der Waals surface area contributed by atoms with Crippen LogP contribution in [0.3, 0.4) is 0 Å². The van der Waals surface area contributed by atoms with E-state index in [1.54, 1.807) is 29.2 Å². The first-order valence-corrected chi connectivity index (χ1v) is 8.95. The fourth-order valence-corrected chi connectivity index (χ4v) is 3.44. The quantitative estimate of drug-likeness (QED) is 0.629. The van der Waals surface area contributed by atoms with Crippen LogP contribution < -0.4 is 0 Å². The lowest BCUT2D eigenvalue weighted by Gasteiger charge is -2.25. The van der Waals surface area contributed by atoms with Gasteiger partial charge in [-0.25, -0.2) is 4.39 Å². The van der Waals surface area contributed by atoms with Crippen molar-refractivity contribution in [2.45, 2.75) is 25.3 Å². The second-order valence-electron chi connectivity index (χ2n) is 6.24. The monoisotopic (exact) mass is 419 g/mol. The van der Waals surface area contributed by atoms with Gasteiger partial charge >= 0.3 is 0 Å². The van der Waals surface area contributed by atoms with Crippen molar-refractivity contribution in [3.05, 3.63) is 58.3 Å². The Kier molecular flexibility index (Phi) is 4.36. The molecular formula is C18H15BrFN3O3. The number of aromatic nitrogens is 2. The molecule has 0 N–H and O–H groups in total. The predicted octanol–water partition coefficient (Wildman–Crippen LogP) is 4.31. The molecule has 1 aliphatic rings. The van der Waals surface area contributed by atoms with Crippen LogP contribution in [0.5, 0.6) is 0 Å². The summed E-state index contributed by atoms with van der Waals surface area (Å²) in [6.45, 7) is 2.41. The van der Waals surface area contributed by atoms with Gasteiger partial charge in [-0.15, -0.1) is 0 Å². The summed E-state index contributed by atoms with van der Waals surface area (Å²) in [5.41, 5.74) is 0.884. The Balaban J connectivity index is 1.51. The third-order valence-corrected chi connectivity index (χ3v) is 5.00. The summed E-state index contributed by atoms with van der Waals surface area (Å²) in [4.78, 5) is 18.6. The van der Waals surface area contributed by atoms with Gasteiger partial charge in [0.1, 0.15) is 5.82 Å². The average molecular weight is 420 g/mol. The fraction of sp³-hybridized carbons (Fsp3) is 0.278. The van der Waals surface area contributed by atoms with E-state index in [2.05, 4.69) is 26.1 Å². The maximum absolute atomic E-state index is 13.1. The average Bonchev–Trinajstić information content (AvgIpc) is 3.34. The molecule has 6 nitrogen and oxygen atoms in total. The molecule has 2 unspecified atom stereocenters. The van der Waals surface area contributed by atoms with Gasteiger partial charge in [-0.2, -0.15) is 4.98 Å². The van der Waals surface area contributed by atoms with E-state index in [1.165, 1.54) is 12.1 Å². The molecule has 1 aromatic carbocycles. The van der Waals surface area contributed by atoms with Crippen LogP contribution in [-0.4, -0.2) is 27.5 Å². The van der Waals surface area contributed by atoms with Gasteiger partial charge in [-0.1, -0.05) is 17.3 Å². The minimum absolute atomic E-state index is 0.0129. The van der Waals surface area contributed by atoms with E-state index in [4.69, 9.17) is 8.94 Å². The summed E-state index contributed by atoms with van der Waals surface area (Å²) in [5, 5.41) is 4.01. The van der Waals surface area contributed by atoms with E-state index in [1.807, 2.05) is 6.92 Å². The summed E-state index contributed by atoms with van der Waals surface area (Å²) in [7, 11) is 0. The summed E-state index contributed by atoms with van der Waals surface area (Å²) < 4.78 is 24.3. The topological polar surface area (TPSA) is 72.4 Å². The summed E-state index contributed by atoms with van der Waals surface area (Å²) in [6, 6.07) is 9.51. The molecule has 3 heterocycles. The highest BCUT2D eigenvalue weighted by Crippen LogP contribution is 2.34. The number of carbonyl (C=O) groups is 1. The summed E-state index contributed by atoms with van der Waals surface area (Å²) in [6.07, 6.45) is 0.312. The highest BCUT2D eigenvalue weighted by atomic mass is 79.9. The lowest BCUT2D eigenvalue weighted by molar-refractivity contribution is -0.129. The maximum atomic E-state index is 13.1. The molecule has 1 fully saturated rings. The van der Waals surface area contributed by atoms with Crippen molar-refractivity contribution in [3.63, 3.8) is 0 Å². The number of halogens is 2. The number of carbonyl (C=O) groups excluding carboxylic acids is 1. The van der Waals surface area contributed by atoms with Crippen LogP contribution >= 0.6 is 15.9 Å². The molecule has 0 radical (unpaired) electrons. The Morgan fingerprint density at radius 3 is 2.73 bits per heavy atom. The highest BCUT2D eigenvalue weighted by Gasteiger charge is 2.36. The number of hydrogen-bond acceptors (Lipinski definition) is 5. The molecule has 0 aliphatic carbocycles. The smallest absolute Gasteiger partial charge is 0.293 e. The standard InChI is InChI=1S/C18H15BrFN3O3/c1-10(11-2-4-13(20)5-3-11)23-9-12(8-16(23)24)17-21-18(26-22-17)14-6-7-15(19)25-14/h2-7,10,12H,8-9H2,1H3. The Morgan fingerprint density at radius 2 is 2.04 bits per heavy atom. The van der Waals surface area contributed by atoms with Crippen molar-refractivity contribution in [2.24, 2.45) is 0 Å². The van der Waals surface area contributed by atoms with E-state index in [0.29, 0.717) is 29.2 Å². The van der Waals surface area contributed by atoms with E-state index in [0.717, 1.165) is 5.56 Å². The van der Waals surface area contributed by atoms with E-state index in [-0.39, 0.29) is 29.6 Å². The molecule has 0 saturated carbocycles. The van der Waals surface area contributed by atoms with E-state index in [9.17, 15) is 9.18 Å². The van der Waals surface area contributed by atoms with Crippen molar-refractivity contribution < 1.29 is 18.1 Å². The number of amides is 1. The van der Waals surface area contributed by atoms with Crippen LogP contribution in [0.15, 0.2) is 50.0 Å². The highest BCUT2D eigenvalue weighted by molar-refractivity contribution is 9.10. The Hall–Kier alpha value is -2.48. The Morgan fingerprint density at radius 1 is 1.27 bits per heavy atom. The van der Waals surface area contributed by atoms with Crippen molar-refractivity contribution >= 4 is 21.8 Å². The Labute approximate surface area is 157 Å². The Bertz CT molecular complexity index is 937. The summed E-state index contributed by atoms with van der Waals surface area (Å²) >= 11 is 3.23. The van der Waals surface area contributed by atoms with Gasteiger partial charge < -0.3 is 13.8 Å². The number of benzene rings is 1. The van der Waals surface area contributed by atoms with Crippen molar-refractivity contribution in [2.75, 3.05) is 6.54 Å². The van der Waals surface area contributed by atoms with Gasteiger partial charge in [-0.3, -0.25) is 4.79 Å². The molecule has 2 atom stereocenters. The number of likely N-dealkylation sites (tertiary alicyclic amines) is 1. The number of nitrogens with zero attached hydrogens (tertiary/aromatic N) is 3. The molecule has 4 rings (SSSR count). The molecule has 1 aliphatic heterocycles. The second kappa shape index (κ2) is 6.68. The fourth-order valence-electron chi connectivity index (χ4n) is 3.13. The molecule has 8 heteroatoms. The summed E-state index contributed by atoms with van der Waals surface area (Å²) in [5.74, 6) is 0.796. The second-order valence-corrected chi connectivity index (χ2v) is 7.02. The first-order chi connectivity index (χ1) is 12.5. The van der Waals surface area contributed by atoms with Gasteiger partial charge in [0.05, 0.1) is 6.04 Å². The first-order valence-electron chi connectivity index (χ1n) is 8.15. The van der Waals surface area contributed by atoms with Crippen LogP contribution in [0.4, 0.5) is 4.39 Å². The number of rotatable bonds is 4. The van der Waals surface area contributed by atoms with Gasteiger partial charge in [0.25, 0.3) is 5.89 Å². The largest absolute Gasteiger partial charge is 0.444 e. The number of hydrogen-bond donors (Lipinski definition) is 0. The van der Waals surface area contributed by atoms with Crippen LogP contribution in [0, 0.1) is 5.82 Å². The van der Waals surface area contributed by atoms with Crippen LogP contribution in [0.25, 0.3) is 11.7 Å². The van der Waals surface area contributed by atoms with E-state index >= 15 is 0 Å². The predicted molar refractivity (Wildman–Crippen MR) is 93.6 cm³/mol. The van der Waals surface area contributed by atoms with Gasteiger partial charge in [0.2, 0.25) is 5.91 Å². The SMILES string of the molecule is CC(c1ccc(F)cc1)N1CC(c2noc(-c3ccc(Br)o3)n2)CC1=O. The van der Waals surface area contributed by atoms with Crippen molar-refractivity contribution in [1.82, 2.24) is 15.0 Å². The third-order valence-electron chi connectivity index (χ3n) is 4.57. The van der Waals surface area contributed by atoms with Gasteiger partial charge in [0.15, 0.2) is 16.3 Å². The minimum atomic E-state index is -0.296. The molecule has 0 spiro atoms. The van der Waals surface area contributed by atoms with Gasteiger partial charge in [0, 0.05) is 18.9 Å². The molecule has 2 aromatic heterocycles. The van der Waals surface area contributed by atoms with Crippen molar-refractivity contribution in [1.29, 1.82) is 0 Å². The zero-order valence-electron chi connectivity index (χ0n) is 13.9. The molecule has 26 heavy (non-hydrogen) atoms. The maximum Gasteiger partial charge on any atom is 0.293 e. The molecule has 0 bridgehead atoms. The zero-order valence-corrected chi connectivity index (χ0v) is 15.4. The van der Waals surface area contributed by atoms with Gasteiger partial charge in [-0.05, 0) is 52.7 Å². The molecule has 134 valence electrons. The first kappa shape index (κ1) is 17.0. The normalized spacial score (nSPS) is 18.5. The lowest BCUT2D eigenvalue weighted by Crippen LogP contribution is -2.28. The van der Waals surface area contributed by atoms with E-state index < -0.39 is 0 Å². The van der Waals surface area contributed by atoms with Crippen LogP contribution in [-0.2, 0) is 4.79 Å².